The van der Waals surface area contributed by atoms with Gasteiger partial charge in [0.2, 0.25) is 0 Å². The van der Waals surface area contributed by atoms with Gasteiger partial charge >= 0.3 is 5.97 Å². The van der Waals surface area contributed by atoms with E-state index in [9.17, 15) is 9.59 Å². The van der Waals surface area contributed by atoms with Crippen LogP contribution in [0.1, 0.15) is 49.9 Å². The molecule has 22 heavy (non-hydrogen) atoms. The number of hydrogen-bond donors (Lipinski definition) is 1. The van der Waals surface area contributed by atoms with Crippen molar-refractivity contribution in [1.29, 1.82) is 0 Å². The van der Waals surface area contributed by atoms with Gasteiger partial charge in [0.15, 0.2) is 6.10 Å². The lowest BCUT2D eigenvalue weighted by Crippen LogP contribution is -2.45. The van der Waals surface area contributed by atoms with Crippen LogP contribution >= 0.6 is 22.6 Å². The molecule has 0 aromatic heterocycles. The third-order valence-corrected chi connectivity index (χ3v) is 4.82. The Bertz CT molecular complexity index is 546. The highest BCUT2D eigenvalue weighted by Gasteiger charge is 2.26. The Balaban J connectivity index is 1.89. The molecule has 1 aromatic rings. The average molecular weight is 415 g/mol. The predicted molar refractivity (Wildman–Crippen MR) is 93.6 cm³/mol. The maximum atomic E-state index is 12.2. The van der Waals surface area contributed by atoms with Crippen molar-refractivity contribution in [2.75, 3.05) is 0 Å². The van der Waals surface area contributed by atoms with Crippen molar-refractivity contribution >= 4 is 34.5 Å². The molecule has 1 aliphatic rings. The molecule has 0 saturated heterocycles. The first kappa shape index (κ1) is 17.2. The topological polar surface area (TPSA) is 55.4 Å². The fourth-order valence-corrected chi connectivity index (χ4v) is 3.27. The van der Waals surface area contributed by atoms with Crippen LogP contribution in [0.25, 0.3) is 0 Å². The molecule has 0 unspecified atom stereocenters. The summed E-state index contributed by atoms with van der Waals surface area (Å²) in [7, 11) is 0. The molecule has 1 saturated carbocycles. The van der Waals surface area contributed by atoms with E-state index in [1.807, 2.05) is 6.07 Å². The SMILES string of the molecule is C[C@@H](OC(=O)c1cccc(I)c1)C(=O)N[C@@H]1CCCC[C@@H]1C. The summed E-state index contributed by atoms with van der Waals surface area (Å²) in [5.74, 6) is -0.188. The molecule has 0 aliphatic heterocycles. The molecule has 3 atom stereocenters. The van der Waals surface area contributed by atoms with E-state index in [-0.39, 0.29) is 11.9 Å². The first-order valence-corrected chi connectivity index (χ1v) is 8.82. The molecule has 0 spiro atoms. The first-order valence-electron chi connectivity index (χ1n) is 7.74. The first-order chi connectivity index (χ1) is 10.5. The second-order valence-corrected chi connectivity index (χ2v) is 7.18. The largest absolute Gasteiger partial charge is 0.449 e. The summed E-state index contributed by atoms with van der Waals surface area (Å²) >= 11 is 2.14. The highest BCUT2D eigenvalue weighted by Crippen LogP contribution is 2.23. The second-order valence-electron chi connectivity index (χ2n) is 5.93. The second kappa shape index (κ2) is 7.94. The van der Waals surface area contributed by atoms with Crippen molar-refractivity contribution in [3.63, 3.8) is 0 Å². The van der Waals surface area contributed by atoms with Gasteiger partial charge in [-0.1, -0.05) is 25.8 Å². The summed E-state index contributed by atoms with van der Waals surface area (Å²) in [6, 6.07) is 7.33. The molecule has 1 N–H and O–H groups in total. The van der Waals surface area contributed by atoms with Gasteiger partial charge in [-0.2, -0.15) is 0 Å². The number of carbonyl (C=O) groups excluding carboxylic acids is 2. The minimum atomic E-state index is -0.778. The average Bonchev–Trinajstić information content (AvgIpc) is 2.49. The molecule has 1 fully saturated rings. The van der Waals surface area contributed by atoms with Gasteiger partial charge in [-0.05, 0) is 66.5 Å². The van der Waals surface area contributed by atoms with Crippen molar-refractivity contribution in [2.24, 2.45) is 5.92 Å². The van der Waals surface area contributed by atoms with E-state index < -0.39 is 12.1 Å². The number of ether oxygens (including phenoxy) is 1. The van der Waals surface area contributed by atoms with Crippen LogP contribution in [-0.4, -0.2) is 24.0 Å². The molecule has 5 heteroatoms. The third-order valence-electron chi connectivity index (χ3n) is 4.15. The zero-order chi connectivity index (χ0) is 16.1. The molecule has 0 bridgehead atoms. The molecule has 120 valence electrons. The highest BCUT2D eigenvalue weighted by atomic mass is 127. The standard InChI is InChI=1S/C17H22INO3/c1-11-6-3-4-9-15(11)19-16(20)12(2)22-17(21)13-7-5-8-14(18)10-13/h5,7-8,10-12,15H,3-4,6,9H2,1-2H3,(H,19,20)/t11-,12+,15+/m0/s1. The Morgan fingerprint density at radius 1 is 1.32 bits per heavy atom. The van der Waals surface area contributed by atoms with Gasteiger partial charge in [0.05, 0.1) is 5.56 Å². The number of benzene rings is 1. The Hall–Kier alpha value is -1.11. The maximum absolute atomic E-state index is 12.2. The van der Waals surface area contributed by atoms with Crippen LogP contribution in [0.4, 0.5) is 0 Å². The predicted octanol–water partition coefficient (Wildman–Crippen LogP) is 3.53. The van der Waals surface area contributed by atoms with E-state index in [0.29, 0.717) is 11.5 Å². The fourth-order valence-electron chi connectivity index (χ4n) is 2.73. The normalized spacial score (nSPS) is 22.7. The smallest absolute Gasteiger partial charge is 0.338 e. The molecular weight excluding hydrogens is 393 g/mol. The Morgan fingerprint density at radius 3 is 2.73 bits per heavy atom. The summed E-state index contributed by atoms with van der Waals surface area (Å²) in [4.78, 5) is 24.3. The molecule has 4 nitrogen and oxygen atoms in total. The summed E-state index contributed by atoms with van der Waals surface area (Å²) in [5, 5.41) is 3.02. The third kappa shape index (κ3) is 4.69. The summed E-state index contributed by atoms with van der Waals surface area (Å²) in [6.45, 7) is 3.78. The minimum absolute atomic E-state index is 0.195. The van der Waals surface area contributed by atoms with Crippen molar-refractivity contribution in [2.45, 2.75) is 51.7 Å². The molecule has 1 aliphatic carbocycles. The van der Waals surface area contributed by atoms with Crippen LogP contribution in [-0.2, 0) is 9.53 Å². The van der Waals surface area contributed by atoms with E-state index in [4.69, 9.17) is 4.74 Å². The van der Waals surface area contributed by atoms with E-state index in [1.54, 1.807) is 25.1 Å². The van der Waals surface area contributed by atoms with Crippen LogP contribution in [0.2, 0.25) is 0 Å². The van der Waals surface area contributed by atoms with Gasteiger partial charge in [-0.25, -0.2) is 4.79 Å². The van der Waals surface area contributed by atoms with Gasteiger partial charge in [0, 0.05) is 9.61 Å². The quantitative estimate of drug-likeness (QED) is 0.605. The van der Waals surface area contributed by atoms with E-state index >= 15 is 0 Å². The van der Waals surface area contributed by atoms with Crippen molar-refractivity contribution in [1.82, 2.24) is 5.32 Å². The van der Waals surface area contributed by atoms with Crippen molar-refractivity contribution < 1.29 is 14.3 Å². The molecular formula is C17H22INO3. The van der Waals surface area contributed by atoms with E-state index in [0.717, 1.165) is 22.8 Å². The molecule has 1 aromatic carbocycles. The summed E-state index contributed by atoms with van der Waals surface area (Å²) in [5.41, 5.74) is 0.470. The number of esters is 1. The Morgan fingerprint density at radius 2 is 2.05 bits per heavy atom. The van der Waals surface area contributed by atoms with Crippen LogP contribution < -0.4 is 5.32 Å². The molecule has 0 radical (unpaired) electrons. The van der Waals surface area contributed by atoms with Gasteiger partial charge in [-0.15, -0.1) is 0 Å². The number of carbonyl (C=O) groups is 2. The maximum Gasteiger partial charge on any atom is 0.338 e. The molecule has 0 heterocycles. The van der Waals surface area contributed by atoms with Crippen molar-refractivity contribution in [3.05, 3.63) is 33.4 Å². The number of rotatable bonds is 4. The minimum Gasteiger partial charge on any atom is -0.449 e. The van der Waals surface area contributed by atoms with Crippen molar-refractivity contribution in [3.8, 4) is 0 Å². The number of amides is 1. The number of nitrogens with one attached hydrogen (secondary N) is 1. The lowest BCUT2D eigenvalue weighted by molar-refractivity contribution is -0.130. The van der Waals surface area contributed by atoms with E-state index in [1.165, 1.54) is 6.42 Å². The summed E-state index contributed by atoms with van der Waals surface area (Å²) < 4.78 is 6.23. The summed E-state index contributed by atoms with van der Waals surface area (Å²) in [6.07, 6.45) is 3.74. The van der Waals surface area contributed by atoms with Crippen LogP contribution in [0, 0.1) is 9.49 Å². The van der Waals surface area contributed by atoms with Gasteiger partial charge < -0.3 is 10.1 Å². The van der Waals surface area contributed by atoms with E-state index in [2.05, 4.69) is 34.8 Å². The number of halogens is 1. The van der Waals surface area contributed by atoms with Crippen LogP contribution in [0.3, 0.4) is 0 Å². The monoisotopic (exact) mass is 415 g/mol. The highest BCUT2D eigenvalue weighted by molar-refractivity contribution is 14.1. The Kier molecular flexibility index (Phi) is 6.23. The number of hydrogen-bond acceptors (Lipinski definition) is 3. The lowest BCUT2D eigenvalue weighted by atomic mass is 9.86. The van der Waals surface area contributed by atoms with Crippen LogP contribution in [0.5, 0.6) is 0 Å². The van der Waals surface area contributed by atoms with Gasteiger partial charge in [0.1, 0.15) is 0 Å². The van der Waals surface area contributed by atoms with Gasteiger partial charge in [0.25, 0.3) is 5.91 Å². The molecule has 1 amide bonds. The fraction of sp³-hybridized carbons (Fsp3) is 0.529. The van der Waals surface area contributed by atoms with Gasteiger partial charge in [-0.3, -0.25) is 4.79 Å². The lowest BCUT2D eigenvalue weighted by Gasteiger charge is -2.30. The zero-order valence-electron chi connectivity index (χ0n) is 13.0. The van der Waals surface area contributed by atoms with Crippen LogP contribution in [0.15, 0.2) is 24.3 Å². The molecule has 2 rings (SSSR count). The zero-order valence-corrected chi connectivity index (χ0v) is 15.1. The Labute approximate surface area is 145 Å².